The number of carboxylic acid groups (broad SMARTS) is 1. The molecule has 1 aliphatic carbocycles. The average molecular weight is 314 g/mol. The van der Waals surface area contributed by atoms with E-state index in [1.54, 1.807) is 0 Å². The van der Waals surface area contributed by atoms with Crippen LogP contribution in [-0.4, -0.2) is 27.5 Å². The minimum Gasteiger partial charge on any atom is -0.481 e. The molecule has 7 nitrogen and oxygen atoms in total. The van der Waals surface area contributed by atoms with Gasteiger partial charge >= 0.3 is 11.7 Å². The van der Waals surface area contributed by atoms with Crippen LogP contribution in [-0.2, 0) is 4.79 Å². The average Bonchev–Trinajstić information content (AvgIpc) is 2.46. The molecule has 0 saturated heterocycles. The van der Waals surface area contributed by atoms with Gasteiger partial charge in [0.15, 0.2) is 0 Å². The second-order valence-electron chi connectivity index (χ2n) is 5.15. The number of nitro groups is 1. The van der Waals surface area contributed by atoms with Gasteiger partial charge in [0, 0.05) is 18.8 Å². The highest BCUT2D eigenvalue weighted by molar-refractivity contribution is 6.30. The quantitative estimate of drug-likeness (QED) is 0.639. The van der Waals surface area contributed by atoms with E-state index in [0.29, 0.717) is 13.0 Å². The molecule has 1 fully saturated rings. The second-order valence-corrected chi connectivity index (χ2v) is 5.58. The molecule has 1 aromatic rings. The first-order valence-electron chi connectivity index (χ1n) is 6.75. The SMILES string of the molecule is O=C(O)C1CCCCC1CNc1ncc(Cl)cc1[N+](=O)[O-]. The maximum absolute atomic E-state index is 11.2. The summed E-state index contributed by atoms with van der Waals surface area (Å²) in [7, 11) is 0. The Labute approximate surface area is 126 Å². The first-order chi connectivity index (χ1) is 9.99. The van der Waals surface area contributed by atoms with Gasteiger partial charge in [-0.05, 0) is 18.8 Å². The summed E-state index contributed by atoms with van der Waals surface area (Å²) in [5.41, 5.74) is -0.204. The zero-order valence-corrected chi connectivity index (χ0v) is 12.0. The first kappa shape index (κ1) is 15.5. The highest BCUT2D eigenvalue weighted by atomic mass is 35.5. The Balaban J connectivity index is 2.08. The minimum absolute atomic E-state index is 0.0478. The maximum atomic E-state index is 11.2. The molecule has 0 spiro atoms. The topological polar surface area (TPSA) is 105 Å². The van der Waals surface area contributed by atoms with Crippen molar-refractivity contribution in [2.45, 2.75) is 25.7 Å². The Hall–Kier alpha value is -1.89. The summed E-state index contributed by atoms with van der Waals surface area (Å²) in [6, 6.07) is 1.23. The number of aliphatic carboxylic acids is 1. The molecule has 0 amide bonds. The molecule has 2 rings (SSSR count). The monoisotopic (exact) mass is 313 g/mol. The van der Waals surface area contributed by atoms with Gasteiger partial charge < -0.3 is 10.4 Å². The molecule has 114 valence electrons. The lowest BCUT2D eigenvalue weighted by Crippen LogP contribution is -2.32. The molecule has 0 radical (unpaired) electrons. The van der Waals surface area contributed by atoms with E-state index in [4.69, 9.17) is 11.6 Å². The molecular weight excluding hydrogens is 298 g/mol. The van der Waals surface area contributed by atoms with Crippen LogP contribution in [0, 0.1) is 22.0 Å². The van der Waals surface area contributed by atoms with Gasteiger partial charge in [-0.25, -0.2) is 4.98 Å². The van der Waals surface area contributed by atoms with Crippen molar-refractivity contribution in [1.29, 1.82) is 0 Å². The molecule has 1 aliphatic rings. The zero-order chi connectivity index (χ0) is 15.4. The van der Waals surface area contributed by atoms with Crippen LogP contribution >= 0.6 is 11.6 Å². The van der Waals surface area contributed by atoms with Crippen molar-refractivity contribution in [2.75, 3.05) is 11.9 Å². The number of nitrogens with one attached hydrogen (secondary N) is 1. The predicted octanol–water partition coefficient (Wildman–Crippen LogP) is 2.95. The van der Waals surface area contributed by atoms with Crippen molar-refractivity contribution in [3.05, 3.63) is 27.4 Å². The Morgan fingerprint density at radius 1 is 1.52 bits per heavy atom. The Morgan fingerprint density at radius 3 is 2.90 bits per heavy atom. The van der Waals surface area contributed by atoms with Gasteiger partial charge in [-0.3, -0.25) is 14.9 Å². The molecule has 0 aromatic carbocycles. The molecule has 1 aromatic heterocycles. The minimum atomic E-state index is -0.805. The number of halogens is 1. The normalized spacial score (nSPS) is 21.8. The molecule has 0 aliphatic heterocycles. The van der Waals surface area contributed by atoms with E-state index in [1.165, 1.54) is 12.3 Å². The van der Waals surface area contributed by atoms with Crippen molar-refractivity contribution in [3.8, 4) is 0 Å². The van der Waals surface area contributed by atoms with E-state index in [0.717, 1.165) is 19.3 Å². The number of anilines is 1. The number of hydrogen-bond donors (Lipinski definition) is 2. The highest BCUT2D eigenvalue weighted by Crippen LogP contribution is 2.31. The van der Waals surface area contributed by atoms with E-state index in [9.17, 15) is 20.0 Å². The van der Waals surface area contributed by atoms with Crippen molar-refractivity contribution < 1.29 is 14.8 Å². The predicted molar refractivity (Wildman–Crippen MR) is 77.5 cm³/mol. The maximum Gasteiger partial charge on any atom is 0.312 e. The summed E-state index contributed by atoms with van der Waals surface area (Å²) in [6.45, 7) is 0.354. The number of aromatic nitrogens is 1. The third-order valence-electron chi connectivity index (χ3n) is 3.79. The van der Waals surface area contributed by atoms with Crippen molar-refractivity contribution in [3.63, 3.8) is 0 Å². The van der Waals surface area contributed by atoms with Gasteiger partial charge in [0.1, 0.15) is 0 Å². The third kappa shape index (κ3) is 3.81. The smallest absolute Gasteiger partial charge is 0.312 e. The summed E-state index contributed by atoms with van der Waals surface area (Å²) in [6.07, 6.45) is 4.66. The van der Waals surface area contributed by atoms with E-state index >= 15 is 0 Å². The Kier molecular flexibility index (Phi) is 4.95. The lowest BCUT2D eigenvalue weighted by molar-refractivity contribution is -0.384. The largest absolute Gasteiger partial charge is 0.481 e. The molecule has 1 heterocycles. The standard InChI is InChI=1S/C13H16ClN3O4/c14-9-5-11(17(20)21)12(16-7-9)15-6-8-3-1-2-4-10(8)13(18)19/h5,7-8,10H,1-4,6H2,(H,15,16)(H,18,19). The lowest BCUT2D eigenvalue weighted by atomic mass is 9.79. The van der Waals surface area contributed by atoms with E-state index in [2.05, 4.69) is 10.3 Å². The van der Waals surface area contributed by atoms with Crippen molar-refractivity contribution in [2.24, 2.45) is 11.8 Å². The fourth-order valence-corrected chi connectivity index (χ4v) is 2.86. The molecular formula is C13H16ClN3O4. The first-order valence-corrected chi connectivity index (χ1v) is 7.13. The van der Waals surface area contributed by atoms with Gasteiger partial charge in [0.05, 0.1) is 15.9 Å². The summed E-state index contributed by atoms with van der Waals surface area (Å²) in [5, 5.41) is 23.3. The summed E-state index contributed by atoms with van der Waals surface area (Å²) in [5.74, 6) is -1.13. The molecule has 0 bridgehead atoms. The lowest BCUT2D eigenvalue weighted by Gasteiger charge is -2.28. The molecule has 1 saturated carbocycles. The van der Waals surface area contributed by atoms with E-state index in [-0.39, 0.29) is 22.4 Å². The Morgan fingerprint density at radius 2 is 2.24 bits per heavy atom. The molecule has 21 heavy (non-hydrogen) atoms. The van der Waals surface area contributed by atoms with Crippen LogP contribution in [0.3, 0.4) is 0 Å². The van der Waals surface area contributed by atoms with Gasteiger partial charge in [-0.2, -0.15) is 0 Å². The molecule has 2 unspecified atom stereocenters. The van der Waals surface area contributed by atoms with Crippen LogP contribution < -0.4 is 5.32 Å². The fourth-order valence-electron chi connectivity index (χ4n) is 2.71. The van der Waals surface area contributed by atoms with Crippen LogP contribution in [0.25, 0.3) is 0 Å². The second kappa shape index (κ2) is 6.71. The zero-order valence-electron chi connectivity index (χ0n) is 11.3. The van der Waals surface area contributed by atoms with Crippen LogP contribution in [0.2, 0.25) is 5.02 Å². The summed E-state index contributed by atoms with van der Waals surface area (Å²) < 4.78 is 0. The third-order valence-corrected chi connectivity index (χ3v) is 4.00. The van der Waals surface area contributed by atoms with Crippen LogP contribution in [0.4, 0.5) is 11.5 Å². The number of nitrogens with zero attached hydrogens (tertiary/aromatic N) is 2. The van der Waals surface area contributed by atoms with Gasteiger partial charge in [-0.1, -0.05) is 24.4 Å². The summed E-state index contributed by atoms with van der Waals surface area (Å²) >= 11 is 5.70. The fraction of sp³-hybridized carbons (Fsp3) is 0.538. The van der Waals surface area contributed by atoms with Crippen LogP contribution in [0.5, 0.6) is 0 Å². The van der Waals surface area contributed by atoms with Gasteiger partial charge in [0.2, 0.25) is 5.82 Å². The van der Waals surface area contributed by atoms with Gasteiger partial charge in [-0.15, -0.1) is 0 Å². The van der Waals surface area contributed by atoms with Crippen molar-refractivity contribution >= 4 is 29.1 Å². The molecule has 2 atom stereocenters. The number of hydrogen-bond acceptors (Lipinski definition) is 5. The number of carboxylic acids is 1. The number of carbonyl (C=O) groups is 1. The van der Waals surface area contributed by atoms with Crippen LogP contribution in [0.1, 0.15) is 25.7 Å². The summed E-state index contributed by atoms with van der Waals surface area (Å²) in [4.78, 5) is 25.6. The number of rotatable bonds is 5. The van der Waals surface area contributed by atoms with Crippen LogP contribution in [0.15, 0.2) is 12.3 Å². The van der Waals surface area contributed by atoms with E-state index < -0.39 is 16.8 Å². The van der Waals surface area contributed by atoms with Gasteiger partial charge in [0.25, 0.3) is 0 Å². The Bertz CT molecular complexity index is 552. The molecule has 8 heteroatoms. The molecule has 2 N–H and O–H groups in total. The highest BCUT2D eigenvalue weighted by Gasteiger charge is 2.31. The van der Waals surface area contributed by atoms with Crippen molar-refractivity contribution in [1.82, 2.24) is 4.98 Å². The van der Waals surface area contributed by atoms with E-state index in [1.807, 2.05) is 0 Å². The number of pyridine rings is 1.